The van der Waals surface area contributed by atoms with Crippen molar-refractivity contribution < 1.29 is 23.3 Å². The molecule has 9 heteroatoms. The molecular weight excluding hydrogens is 458 g/mol. The van der Waals surface area contributed by atoms with Crippen LogP contribution < -0.4 is 4.74 Å². The van der Waals surface area contributed by atoms with Crippen LogP contribution >= 0.6 is 23.2 Å². The van der Waals surface area contributed by atoms with Crippen molar-refractivity contribution in [3.63, 3.8) is 0 Å². The highest BCUT2D eigenvalue weighted by molar-refractivity contribution is 6.35. The van der Waals surface area contributed by atoms with E-state index in [0.717, 1.165) is 0 Å². The molecule has 1 fully saturated rings. The zero-order valence-electron chi connectivity index (χ0n) is 17.2. The average Bonchev–Trinajstić information content (AvgIpc) is 3.43. The number of benzene rings is 2. The molecule has 0 N–H and O–H groups in total. The van der Waals surface area contributed by atoms with E-state index in [2.05, 4.69) is 4.98 Å². The van der Waals surface area contributed by atoms with E-state index in [4.69, 9.17) is 42.1 Å². The minimum atomic E-state index is -1.19. The summed E-state index contributed by atoms with van der Waals surface area (Å²) >= 11 is 12.5. The van der Waals surface area contributed by atoms with Crippen LogP contribution in [0, 0.1) is 0 Å². The highest BCUT2D eigenvalue weighted by Crippen LogP contribution is 2.40. The van der Waals surface area contributed by atoms with Crippen LogP contribution in [0.4, 0.5) is 4.39 Å². The topological polar surface area (TPSA) is 54.7 Å². The highest BCUT2D eigenvalue weighted by atomic mass is 35.5. The minimum Gasteiger partial charge on any atom is -0.497 e. The summed E-state index contributed by atoms with van der Waals surface area (Å²) in [5, 5.41) is 0.905. The predicted molar refractivity (Wildman–Crippen MR) is 119 cm³/mol. The van der Waals surface area contributed by atoms with Crippen molar-refractivity contribution >= 4 is 29.3 Å². The van der Waals surface area contributed by atoms with Gasteiger partial charge in [0.1, 0.15) is 18.5 Å². The van der Waals surface area contributed by atoms with E-state index in [1.165, 1.54) is 6.08 Å². The Morgan fingerprint density at radius 1 is 1.31 bits per heavy atom. The Kier molecular flexibility index (Phi) is 7.01. The van der Waals surface area contributed by atoms with Crippen molar-refractivity contribution in [3.8, 4) is 5.75 Å². The van der Waals surface area contributed by atoms with Crippen LogP contribution in [0.2, 0.25) is 10.0 Å². The second kappa shape index (κ2) is 9.92. The molecular formula is C23H21Cl2FN2O4. The summed E-state index contributed by atoms with van der Waals surface area (Å²) in [6, 6.07) is 11.4. The molecule has 168 valence electrons. The fourth-order valence-electron chi connectivity index (χ4n) is 3.45. The van der Waals surface area contributed by atoms with Gasteiger partial charge in [0, 0.05) is 29.1 Å². The van der Waals surface area contributed by atoms with Crippen LogP contribution in [-0.2, 0) is 26.5 Å². The number of aromatic nitrogens is 2. The number of nitrogens with zero attached hydrogens (tertiary/aromatic N) is 2. The van der Waals surface area contributed by atoms with Crippen molar-refractivity contribution in [3.05, 3.63) is 88.4 Å². The summed E-state index contributed by atoms with van der Waals surface area (Å²) in [5.74, 6) is -0.563. The lowest BCUT2D eigenvalue weighted by Crippen LogP contribution is -2.34. The molecule has 4 rings (SSSR count). The molecule has 0 radical (unpaired) electrons. The third-order valence-electron chi connectivity index (χ3n) is 4.93. The molecule has 1 aliphatic heterocycles. The normalized spacial score (nSPS) is 21.0. The molecule has 2 aromatic carbocycles. The van der Waals surface area contributed by atoms with E-state index in [1.807, 2.05) is 4.57 Å². The molecule has 0 spiro atoms. The molecule has 3 aromatic rings. The Morgan fingerprint density at radius 3 is 2.94 bits per heavy atom. The van der Waals surface area contributed by atoms with Gasteiger partial charge in [0.15, 0.2) is 0 Å². The van der Waals surface area contributed by atoms with E-state index < -0.39 is 17.9 Å². The molecule has 0 aliphatic carbocycles. The summed E-state index contributed by atoms with van der Waals surface area (Å²) < 4.78 is 38.9. The first-order valence-electron chi connectivity index (χ1n) is 9.84. The Balaban J connectivity index is 1.48. The Hall–Kier alpha value is -2.58. The third-order valence-corrected chi connectivity index (χ3v) is 5.48. The van der Waals surface area contributed by atoms with Gasteiger partial charge in [0.2, 0.25) is 5.79 Å². The second-order valence-corrected chi connectivity index (χ2v) is 8.04. The van der Waals surface area contributed by atoms with Gasteiger partial charge in [-0.25, -0.2) is 4.98 Å². The van der Waals surface area contributed by atoms with Crippen LogP contribution in [0.5, 0.6) is 5.75 Å². The molecule has 0 bridgehead atoms. The highest BCUT2D eigenvalue weighted by Gasteiger charge is 2.45. The zero-order valence-corrected chi connectivity index (χ0v) is 18.7. The molecule has 2 atom stereocenters. The lowest BCUT2D eigenvalue weighted by molar-refractivity contribution is -0.190. The van der Waals surface area contributed by atoms with Crippen molar-refractivity contribution in [2.45, 2.75) is 18.4 Å². The van der Waals surface area contributed by atoms with Crippen molar-refractivity contribution in [2.75, 3.05) is 20.3 Å². The molecule has 0 amide bonds. The average molecular weight is 479 g/mol. The van der Waals surface area contributed by atoms with E-state index in [0.29, 0.717) is 33.5 Å². The van der Waals surface area contributed by atoms with Crippen LogP contribution in [-0.4, -0.2) is 36.0 Å². The first kappa shape index (κ1) is 22.6. The van der Waals surface area contributed by atoms with Crippen LogP contribution in [0.1, 0.15) is 11.1 Å². The number of imidazole rings is 1. The van der Waals surface area contributed by atoms with Gasteiger partial charge in [-0.1, -0.05) is 41.4 Å². The first-order valence-corrected chi connectivity index (χ1v) is 10.6. The molecule has 2 unspecified atom stereocenters. The number of rotatable bonds is 8. The van der Waals surface area contributed by atoms with Gasteiger partial charge in [-0.15, -0.1) is 0 Å². The maximum absolute atomic E-state index is 14.4. The Morgan fingerprint density at radius 2 is 2.19 bits per heavy atom. The van der Waals surface area contributed by atoms with E-state index in [1.54, 1.807) is 68.3 Å². The maximum atomic E-state index is 14.4. The van der Waals surface area contributed by atoms with Gasteiger partial charge in [-0.3, -0.25) is 0 Å². The van der Waals surface area contributed by atoms with Gasteiger partial charge < -0.3 is 23.5 Å². The summed E-state index contributed by atoms with van der Waals surface area (Å²) in [4.78, 5) is 4.06. The number of hydrogen-bond acceptors (Lipinski definition) is 5. The summed E-state index contributed by atoms with van der Waals surface area (Å²) in [6.07, 6.45) is 5.87. The van der Waals surface area contributed by atoms with Gasteiger partial charge in [0.25, 0.3) is 6.01 Å². The lowest BCUT2D eigenvalue weighted by Gasteiger charge is -2.29. The SMILES string of the molecule is COc1cccc(/C=C(\F)OCC2COC(Cn3ccnc3)(c3ccc(Cl)cc3Cl)O2)c1. The summed E-state index contributed by atoms with van der Waals surface area (Å²) in [7, 11) is 1.55. The summed E-state index contributed by atoms with van der Waals surface area (Å²) in [6.45, 7) is 0.455. The van der Waals surface area contributed by atoms with Crippen LogP contribution in [0.15, 0.2) is 67.2 Å². The maximum Gasteiger partial charge on any atom is 0.273 e. The van der Waals surface area contributed by atoms with Gasteiger partial charge in [-0.2, -0.15) is 4.39 Å². The predicted octanol–water partition coefficient (Wildman–Crippen LogP) is 5.45. The van der Waals surface area contributed by atoms with Crippen molar-refractivity contribution in [2.24, 2.45) is 0 Å². The second-order valence-electron chi connectivity index (χ2n) is 7.20. The number of ether oxygens (including phenoxy) is 4. The smallest absolute Gasteiger partial charge is 0.273 e. The largest absolute Gasteiger partial charge is 0.497 e. The van der Waals surface area contributed by atoms with Crippen LogP contribution in [0.3, 0.4) is 0 Å². The van der Waals surface area contributed by atoms with Gasteiger partial charge >= 0.3 is 0 Å². The lowest BCUT2D eigenvalue weighted by atomic mass is 10.1. The first-order chi connectivity index (χ1) is 15.5. The van der Waals surface area contributed by atoms with Crippen molar-refractivity contribution in [1.82, 2.24) is 9.55 Å². The third kappa shape index (κ3) is 5.24. The molecule has 0 saturated carbocycles. The standard InChI is InChI=1S/C23H21Cl2FN2O4/c1-29-18-4-2-3-16(9-18)10-22(26)30-12-19-13-31-23(32-19,14-28-8-7-27-15-28)20-6-5-17(24)11-21(20)25/h2-11,15,19H,12-14H2,1H3/b22-10+. The fourth-order valence-corrected chi connectivity index (χ4v) is 4.00. The van der Waals surface area contributed by atoms with Crippen LogP contribution in [0.25, 0.3) is 6.08 Å². The van der Waals surface area contributed by atoms with Gasteiger partial charge in [0.05, 0.1) is 31.6 Å². The van der Waals surface area contributed by atoms with E-state index >= 15 is 0 Å². The molecule has 1 saturated heterocycles. The number of hydrogen-bond donors (Lipinski definition) is 0. The quantitative estimate of drug-likeness (QED) is 0.402. The fraction of sp³-hybridized carbons (Fsp3) is 0.261. The molecule has 1 aliphatic rings. The molecule has 32 heavy (non-hydrogen) atoms. The minimum absolute atomic E-state index is 0.0385. The Bertz CT molecular complexity index is 1090. The Labute approximate surface area is 195 Å². The van der Waals surface area contributed by atoms with E-state index in [-0.39, 0.29) is 13.2 Å². The van der Waals surface area contributed by atoms with E-state index in [9.17, 15) is 4.39 Å². The molecule has 6 nitrogen and oxygen atoms in total. The van der Waals surface area contributed by atoms with Gasteiger partial charge in [-0.05, 0) is 29.8 Å². The van der Waals surface area contributed by atoms with Crippen molar-refractivity contribution in [1.29, 1.82) is 0 Å². The molecule has 1 aromatic heterocycles. The number of methoxy groups -OCH3 is 1. The summed E-state index contributed by atoms with van der Waals surface area (Å²) in [5.41, 5.74) is 1.24. The number of halogens is 3. The monoisotopic (exact) mass is 478 g/mol. The molecule has 2 heterocycles. The zero-order chi connectivity index (χ0) is 22.6.